The molecule has 2 atom stereocenters. The molecule has 2 heterocycles. The van der Waals surface area contributed by atoms with Crippen molar-refractivity contribution in [3.8, 4) is 0 Å². The van der Waals surface area contributed by atoms with Crippen molar-refractivity contribution in [2.24, 2.45) is 5.92 Å². The van der Waals surface area contributed by atoms with Crippen LogP contribution in [0.1, 0.15) is 49.9 Å². The molecule has 0 bridgehead atoms. The zero-order valence-electron chi connectivity index (χ0n) is 18.2. The first-order chi connectivity index (χ1) is 14.8. The zero-order chi connectivity index (χ0) is 22.2. The Bertz CT molecular complexity index is 891. The second-order valence-corrected chi connectivity index (χ2v) is 8.91. The van der Waals surface area contributed by atoms with Gasteiger partial charge in [-0.2, -0.15) is 0 Å². The highest BCUT2D eigenvalue weighted by Gasteiger charge is 2.55. The van der Waals surface area contributed by atoms with Gasteiger partial charge >= 0.3 is 6.03 Å². The molecule has 8 nitrogen and oxygen atoms in total. The van der Waals surface area contributed by atoms with Gasteiger partial charge < -0.3 is 15.1 Å². The summed E-state index contributed by atoms with van der Waals surface area (Å²) in [5.74, 6) is -0.333. The number of anilines is 1. The molecule has 2 aliphatic heterocycles. The Morgan fingerprint density at radius 3 is 2.35 bits per heavy atom. The van der Waals surface area contributed by atoms with Crippen LogP contribution in [-0.4, -0.2) is 71.7 Å². The fourth-order valence-electron chi connectivity index (χ4n) is 5.00. The van der Waals surface area contributed by atoms with Crippen molar-refractivity contribution >= 4 is 29.3 Å². The highest BCUT2D eigenvalue weighted by Crippen LogP contribution is 2.38. The number of benzene rings is 1. The maximum atomic E-state index is 13.1. The van der Waals surface area contributed by atoms with Gasteiger partial charge in [-0.05, 0) is 49.9 Å². The van der Waals surface area contributed by atoms with Crippen molar-refractivity contribution < 1.29 is 19.2 Å². The quantitative estimate of drug-likeness (QED) is 0.588. The molecule has 2 saturated heterocycles. The van der Waals surface area contributed by atoms with Gasteiger partial charge in [0.05, 0.1) is 0 Å². The summed E-state index contributed by atoms with van der Waals surface area (Å²) in [5, 5.41) is 2.90. The van der Waals surface area contributed by atoms with Gasteiger partial charge in [0.15, 0.2) is 5.78 Å². The molecule has 166 valence electrons. The minimum Gasteiger partial charge on any atom is -0.368 e. The number of hydrogen-bond acceptors (Lipinski definition) is 5. The summed E-state index contributed by atoms with van der Waals surface area (Å²) >= 11 is 0. The first kappa shape index (κ1) is 21.3. The van der Waals surface area contributed by atoms with Gasteiger partial charge in [0.25, 0.3) is 5.91 Å². The number of nitrogens with zero attached hydrogens (tertiary/aromatic N) is 3. The molecule has 31 heavy (non-hydrogen) atoms. The Kier molecular flexibility index (Phi) is 5.73. The van der Waals surface area contributed by atoms with Crippen molar-refractivity contribution in [3.63, 3.8) is 0 Å². The van der Waals surface area contributed by atoms with E-state index in [4.69, 9.17) is 0 Å². The number of Topliss-reactive ketones (excluding diaryl/α,β-unsaturated/α-hetero) is 1. The Morgan fingerprint density at radius 1 is 1.06 bits per heavy atom. The molecule has 1 saturated carbocycles. The molecule has 3 aliphatic rings. The van der Waals surface area contributed by atoms with Crippen LogP contribution in [0.3, 0.4) is 0 Å². The summed E-state index contributed by atoms with van der Waals surface area (Å²) < 4.78 is 0. The number of piperazine rings is 1. The number of hydrogen-bond donors (Lipinski definition) is 1. The Balaban J connectivity index is 1.34. The van der Waals surface area contributed by atoms with Gasteiger partial charge in [-0.1, -0.05) is 19.8 Å². The summed E-state index contributed by atoms with van der Waals surface area (Å²) in [6, 6.07) is 7.03. The molecule has 1 aromatic rings. The van der Waals surface area contributed by atoms with E-state index in [-0.39, 0.29) is 30.1 Å². The first-order valence-electron chi connectivity index (χ1n) is 11.1. The zero-order valence-corrected chi connectivity index (χ0v) is 18.2. The number of amides is 4. The molecule has 4 amide bonds. The lowest BCUT2D eigenvalue weighted by Crippen LogP contribution is -2.55. The van der Waals surface area contributed by atoms with Crippen molar-refractivity contribution in [1.29, 1.82) is 0 Å². The van der Waals surface area contributed by atoms with Crippen LogP contribution in [0.2, 0.25) is 0 Å². The minimum atomic E-state index is -0.833. The lowest BCUT2D eigenvalue weighted by molar-refractivity contribution is -0.140. The Morgan fingerprint density at radius 2 is 1.74 bits per heavy atom. The minimum absolute atomic E-state index is 0.0341. The largest absolute Gasteiger partial charge is 0.368 e. The predicted octanol–water partition coefficient (Wildman–Crippen LogP) is 2.04. The van der Waals surface area contributed by atoms with Crippen LogP contribution in [0, 0.1) is 5.92 Å². The van der Waals surface area contributed by atoms with Crippen molar-refractivity contribution in [2.45, 2.75) is 45.1 Å². The average molecular weight is 427 g/mol. The highest BCUT2D eigenvalue weighted by atomic mass is 16.2. The fourth-order valence-corrected chi connectivity index (χ4v) is 5.00. The number of imide groups is 1. The van der Waals surface area contributed by atoms with Crippen LogP contribution in [-0.2, 0) is 9.59 Å². The van der Waals surface area contributed by atoms with Gasteiger partial charge in [0, 0.05) is 37.4 Å². The van der Waals surface area contributed by atoms with E-state index in [0.29, 0.717) is 38.2 Å². The third kappa shape index (κ3) is 3.91. The standard InChI is InChI=1S/C23H30N4O4/c1-16-5-3-4-10-23(16)21(30)27(22(31)24-23)15-20(29)26-13-11-25(12-14-26)19-8-6-18(7-9-19)17(2)28/h6-9,16H,3-5,10-15H2,1-2H3,(H,24,31)/t16-,23+/m0/s1. The molecule has 8 heteroatoms. The van der Waals surface area contributed by atoms with Crippen LogP contribution >= 0.6 is 0 Å². The predicted molar refractivity (Wildman–Crippen MR) is 116 cm³/mol. The van der Waals surface area contributed by atoms with E-state index >= 15 is 0 Å². The first-order valence-corrected chi connectivity index (χ1v) is 11.1. The number of nitrogens with one attached hydrogen (secondary N) is 1. The van der Waals surface area contributed by atoms with Crippen molar-refractivity contribution in [2.75, 3.05) is 37.6 Å². The van der Waals surface area contributed by atoms with Crippen LogP contribution in [0.4, 0.5) is 10.5 Å². The van der Waals surface area contributed by atoms with E-state index in [9.17, 15) is 19.2 Å². The second kappa shape index (κ2) is 8.32. The molecule has 1 spiro atoms. The second-order valence-electron chi connectivity index (χ2n) is 8.91. The van der Waals surface area contributed by atoms with E-state index in [0.717, 1.165) is 29.8 Å². The number of carbonyl (C=O) groups excluding carboxylic acids is 4. The molecular weight excluding hydrogens is 396 g/mol. The molecule has 1 N–H and O–H groups in total. The van der Waals surface area contributed by atoms with E-state index in [1.165, 1.54) is 0 Å². The van der Waals surface area contributed by atoms with E-state index in [1.807, 2.05) is 31.2 Å². The number of rotatable bonds is 4. The summed E-state index contributed by atoms with van der Waals surface area (Å²) in [4.78, 5) is 54.9. The van der Waals surface area contributed by atoms with Gasteiger partial charge in [0.1, 0.15) is 12.1 Å². The lowest BCUT2D eigenvalue weighted by atomic mass is 9.73. The molecule has 1 aromatic carbocycles. The van der Waals surface area contributed by atoms with E-state index in [1.54, 1.807) is 11.8 Å². The third-order valence-electron chi connectivity index (χ3n) is 7.07. The molecule has 4 rings (SSSR count). The average Bonchev–Trinajstić information content (AvgIpc) is 3.01. The Labute approximate surface area is 182 Å². The summed E-state index contributed by atoms with van der Waals surface area (Å²) in [6.45, 7) is 5.72. The van der Waals surface area contributed by atoms with E-state index < -0.39 is 11.6 Å². The number of carbonyl (C=O) groups is 4. The lowest BCUT2D eigenvalue weighted by Gasteiger charge is -2.37. The fraction of sp³-hybridized carbons (Fsp3) is 0.565. The SMILES string of the molecule is CC(=O)c1ccc(N2CCN(C(=O)CN3C(=O)N[C@@]4(CCCC[C@@H]4C)C3=O)CC2)cc1. The van der Waals surface area contributed by atoms with Crippen LogP contribution in [0.15, 0.2) is 24.3 Å². The van der Waals surface area contributed by atoms with Crippen molar-refractivity contribution in [1.82, 2.24) is 15.1 Å². The van der Waals surface area contributed by atoms with Crippen molar-refractivity contribution in [3.05, 3.63) is 29.8 Å². The normalized spacial score (nSPS) is 26.4. The molecule has 1 aliphatic carbocycles. The number of ketones is 1. The van der Waals surface area contributed by atoms with Crippen LogP contribution < -0.4 is 10.2 Å². The van der Waals surface area contributed by atoms with Gasteiger partial charge in [-0.15, -0.1) is 0 Å². The van der Waals surface area contributed by atoms with Gasteiger partial charge in [-0.3, -0.25) is 19.3 Å². The summed E-state index contributed by atoms with van der Waals surface area (Å²) in [5.41, 5.74) is 0.857. The monoisotopic (exact) mass is 426 g/mol. The number of urea groups is 1. The van der Waals surface area contributed by atoms with Crippen LogP contribution in [0.25, 0.3) is 0 Å². The Hall–Kier alpha value is -2.90. The topological polar surface area (TPSA) is 90.0 Å². The van der Waals surface area contributed by atoms with Gasteiger partial charge in [0.2, 0.25) is 5.91 Å². The molecular formula is C23H30N4O4. The molecule has 0 radical (unpaired) electrons. The molecule has 0 unspecified atom stereocenters. The molecule has 0 aromatic heterocycles. The van der Waals surface area contributed by atoms with Gasteiger partial charge in [-0.25, -0.2) is 4.79 Å². The smallest absolute Gasteiger partial charge is 0.325 e. The summed E-state index contributed by atoms with van der Waals surface area (Å²) in [6.07, 6.45) is 3.52. The van der Waals surface area contributed by atoms with Crippen LogP contribution in [0.5, 0.6) is 0 Å². The molecule has 3 fully saturated rings. The third-order valence-corrected chi connectivity index (χ3v) is 7.07. The summed E-state index contributed by atoms with van der Waals surface area (Å²) in [7, 11) is 0. The maximum Gasteiger partial charge on any atom is 0.325 e. The maximum absolute atomic E-state index is 13.1. The highest BCUT2D eigenvalue weighted by molar-refractivity contribution is 6.09. The van der Waals surface area contributed by atoms with E-state index in [2.05, 4.69) is 10.2 Å².